The second-order valence-corrected chi connectivity index (χ2v) is 16.0. The van der Waals surface area contributed by atoms with Gasteiger partial charge in [-0.15, -0.1) is 0 Å². The normalized spacial score (nSPS) is 29.1. The van der Waals surface area contributed by atoms with Crippen LogP contribution in [0.15, 0.2) is 66.7 Å². The molecule has 13 heteroatoms. The van der Waals surface area contributed by atoms with Crippen LogP contribution in [0.4, 0.5) is 5.69 Å². The molecule has 2 aliphatic carbocycles. The number of fused-ring (bicyclic) bond motifs is 3. The Morgan fingerprint density at radius 2 is 1.81 bits per heavy atom. The molecule has 0 unspecified atom stereocenters. The van der Waals surface area contributed by atoms with Gasteiger partial charge in [0.1, 0.15) is 23.7 Å². The molecule has 1 aromatic heterocycles. The van der Waals surface area contributed by atoms with Gasteiger partial charge in [-0.3, -0.25) is 19.1 Å². The number of hydrogen-bond donors (Lipinski definition) is 3. The zero-order chi connectivity index (χ0) is 32.6. The Bertz CT molecular complexity index is 1760. The molecule has 3 N–H and O–H groups in total. The van der Waals surface area contributed by atoms with Crippen LogP contribution in [0, 0.1) is 5.92 Å². The quantitative estimate of drug-likeness (QED) is 0.317. The summed E-state index contributed by atoms with van der Waals surface area (Å²) in [4.78, 5) is 48.3. The number of hydrogen-bond acceptors (Lipinski definition) is 9. The van der Waals surface area contributed by atoms with Crippen LogP contribution in [0.25, 0.3) is 10.2 Å². The Hall–Kier alpha value is -3.97. The van der Waals surface area contributed by atoms with E-state index in [0.717, 1.165) is 41.6 Å². The lowest BCUT2D eigenvalue weighted by atomic mass is 10.0. The van der Waals surface area contributed by atoms with Gasteiger partial charge in [-0.25, -0.2) is 13.4 Å². The van der Waals surface area contributed by atoms with Crippen molar-refractivity contribution in [3.05, 3.63) is 66.7 Å². The molecule has 0 radical (unpaired) electrons. The van der Waals surface area contributed by atoms with Crippen LogP contribution in [0.5, 0.6) is 5.19 Å². The average Bonchev–Trinajstić information content (AvgIpc) is 3.95. The number of sulfonamides is 1. The number of aromatic nitrogens is 1. The third-order valence-corrected chi connectivity index (χ3v) is 12.2. The Morgan fingerprint density at radius 3 is 2.60 bits per heavy atom. The van der Waals surface area contributed by atoms with Gasteiger partial charge < -0.3 is 20.3 Å². The minimum Gasteiger partial charge on any atom is -0.465 e. The second kappa shape index (κ2) is 12.9. The first-order chi connectivity index (χ1) is 22.7. The summed E-state index contributed by atoms with van der Waals surface area (Å²) >= 11 is 1.40. The molecule has 248 valence electrons. The Labute approximate surface area is 278 Å². The van der Waals surface area contributed by atoms with Crippen LogP contribution in [-0.2, 0) is 24.4 Å². The topological polar surface area (TPSA) is 147 Å². The predicted octanol–water partition coefficient (Wildman–Crippen LogP) is 4.13. The van der Waals surface area contributed by atoms with Gasteiger partial charge in [-0.05, 0) is 62.8 Å². The second-order valence-electron chi connectivity index (χ2n) is 13.0. The van der Waals surface area contributed by atoms with Gasteiger partial charge in [-0.2, -0.15) is 0 Å². The Morgan fingerprint density at radius 1 is 1.02 bits per heavy atom. The average molecular weight is 678 g/mol. The van der Waals surface area contributed by atoms with Crippen LogP contribution in [0.2, 0.25) is 0 Å². The lowest BCUT2D eigenvalue weighted by Crippen LogP contribution is -2.57. The highest BCUT2D eigenvalue weighted by atomic mass is 32.2. The smallest absolute Gasteiger partial charge is 0.274 e. The minimum atomic E-state index is -3.82. The van der Waals surface area contributed by atoms with Gasteiger partial charge in [0.2, 0.25) is 21.8 Å². The molecular weight excluding hydrogens is 639 g/mol. The predicted molar refractivity (Wildman–Crippen MR) is 179 cm³/mol. The molecule has 5 atom stereocenters. The van der Waals surface area contributed by atoms with Crippen LogP contribution < -0.4 is 20.1 Å². The fourth-order valence-electron chi connectivity index (χ4n) is 6.63. The van der Waals surface area contributed by atoms with E-state index in [2.05, 4.69) is 20.3 Å². The van der Waals surface area contributed by atoms with E-state index in [9.17, 15) is 22.8 Å². The summed E-state index contributed by atoms with van der Waals surface area (Å²) in [6.45, 7) is 0.165. The SMILES string of the molecule is O=C1N[C@]2(C(=O)NS(=O)(=O)C3CC3)C[C@@H]2/C=C\CCCCC[C@H](Nc2ccccc2)C(=O)N2C[C@H](Oc3nc4ccccc4s3)C[C@@H]12. The molecule has 3 aromatic rings. The number of rotatable bonds is 7. The zero-order valence-corrected chi connectivity index (χ0v) is 27.6. The molecule has 11 nitrogen and oxygen atoms in total. The third-order valence-electron chi connectivity index (χ3n) is 9.50. The number of ether oxygens (including phenoxy) is 1. The molecule has 2 aromatic carbocycles. The summed E-state index contributed by atoms with van der Waals surface area (Å²) < 4.78 is 35.0. The molecule has 1 saturated heterocycles. The highest BCUT2D eigenvalue weighted by Crippen LogP contribution is 2.46. The summed E-state index contributed by atoms with van der Waals surface area (Å²) in [6.07, 6.45) is 8.91. The van der Waals surface area contributed by atoms with Gasteiger partial charge in [0.25, 0.3) is 11.1 Å². The third kappa shape index (κ3) is 6.87. The number of carbonyl (C=O) groups excluding carboxylic acids is 3. The van der Waals surface area contributed by atoms with Crippen molar-refractivity contribution >= 4 is 55.0 Å². The van der Waals surface area contributed by atoms with Gasteiger partial charge >= 0.3 is 0 Å². The highest BCUT2D eigenvalue weighted by molar-refractivity contribution is 7.91. The number of benzene rings is 2. The number of carbonyl (C=O) groups is 3. The number of para-hydroxylation sites is 2. The van der Waals surface area contributed by atoms with Crippen LogP contribution in [-0.4, -0.2) is 71.5 Å². The van der Waals surface area contributed by atoms with E-state index in [1.54, 1.807) is 4.90 Å². The molecule has 4 aliphatic rings. The van der Waals surface area contributed by atoms with E-state index >= 15 is 0 Å². The fourth-order valence-corrected chi connectivity index (χ4v) is 8.87. The van der Waals surface area contributed by atoms with Crippen molar-refractivity contribution < 1.29 is 27.5 Å². The first-order valence-corrected chi connectivity index (χ1v) is 18.8. The lowest BCUT2D eigenvalue weighted by Gasteiger charge is -2.30. The summed E-state index contributed by atoms with van der Waals surface area (Å²) in [5.74, 6) is -1.80. The van der Waals surface area contributed by atoms with Gasteiger partial charge in [-0.1, -0.05) is 66.7 Å². The minimum absolute atomic E-state index is 0.165. The molecule has 2 aliphatic heterocycles. The molecule has 2 saturated carbocycles. The fraction of sp³-hybridized carbons (Fsp3) is 0.471. The number of nitrogens with one attached hydrogen (secondary N) is 3. The maximum atomic E-state index is 14.4. The first kappa shape index (κ1) is 31.6. The lowest BCUT2D eigenvalue weighted by molar-refractivity contribution is -0.140. The van der Waals surface area contributed by atoms with E-state index in [-0.39, 0.29) is 31.2 Å². The largest absolute Gasteiger partial charge is 0.465 e. The van der Waals surface area contributed by atoms with E-state index < -0.39 is 50.8 Å². The monoisotopic (exact) mass is 677 g/mol. The summed E-state index contributed by atoms with van der Waals surface area (Å²) in [5, 5.41) is 6.21. The number of amides is 3. The van der Waals surface area contributed by atoms with Crippen molar-refractivity contribution in [2.24, 2.45) is 5.92 Å². The number of nitrogens with zero attached hydrogens (tertiary/aromatic N) is 2. The van der Waals surface area contributed by atoms with Crippen molar-refractivity contribution in [3.63, 3.8) is 0 Å². The van der Waals surface area contributed by atoms with Crippen molar-refractivity contribution in [2.45, 2.75) is 86.8 Å². The van der Waals surface area contributed by atoms with Gasteiger partial charge in [0, 0.05) is 18.0 Å². The van der Waals surface area contributed by atoms with Crippen molar-refractivity contribution in [2.75, 3.05) is 11.9 Å². The van der Waals surface area contributed by atoms with E-state index in [1.807, 2.05) is 66.7 Å². The van der Waals surface area contributed by atoms with Gasteiger partial charge in [0.05, 0.1) is 22.0 Å². The molecule has 3 amide bonds. The summed E-state index contributed by atoms with van der Waals surface area (Å²) in [7, 11) is -3.82. The maximum absolute atomic E-state index is 14.4. The first-order valence-electron chi connectivity index (χ1n) is 16.4. The number of anilines is 1. The molecule has 0 bridgehead atoms. The number of thiazole rings is 1. The van der Waals surface area contributed by atoms with E-state index in [1.165, 1.54) is 11.3 Å². The standard InChI is InChI=1S/C34H39N5O6S2/c40-30-28-19-24(45-33-36-26-14-9-10-16-29(26)46-33)21-39(28)31(41)27(35-23-12-6-4-7-13-23)15-8-3-1-2-5-11-22-20-34(22,37-30)32(42)38-47(43,44)25-17-18-25/h4-7,9-14,16,22,24-25,27-28,35H,1-3,8,15,17-21H2,(H,37,40)(H,38,42)/b11-5-/t22-,24+,27-,28-,34+/m0/s1. The van der Waals surface area contributed by atoms with Crippen molar-refractivity contribution in [1.82, 2.24) is 19.9 Å². The summed E-state index contributed by atoms with van der Waals surface area (Å²) in [6, 6.07) is 15.7. The molecule has 3 fully saturated rings. The van der Waals surface area contributed by atoms with Crippen molar-refractivity contribution in [3.8, 4) is 5.19 Å². The maximum Gasteiger partial charge on any atom is 0.274 e. The van der Waals surface area contributed by atoms with Crippen LogP contribution in [0.3, 0.4) is 0 Å². The number of allylic oxidation sites excluding steroid dienone is 1. The van der Waals surface area contributed by atoms with Crippen LogP contribution >= 0.6 is 11.3 Å². The molecule has 7 rings (SSSR count). The highest BCUT2D eigenvalue weighted by Gasteiger charge is 2.62. The van der Waals surface area contributed by atoms with Crippen LogP contribution in [0.1, 0.15) is 57.8 Å². The van der Waals surface area contributed by atoms with E-state index in [4.69, 9.17) is 4.74 Å². The Kier molecular flexibility index (Phi) is 8.69. The summed E-state index contributed by atoms with van der Waals surface area (Å²) in [5.41, 5.74) is 0.212. The van der Waals surface area contributed by atoms with E-state index in [0.29, 0.717) is 24.5 Å². The molecule has 3 heterocycles. The molecule has 47 heavy (non-hydrogen) atoms. The van der Waals surface area contributed by atoms with Gasteiger partial charge in [0.15, 0.2) is 0 Å². The molecular formula is C34H39N5O6S2. The zero-order valence-electron chi connectivity index (χ0n) is 26.0. The Balaban J connectivity index is 1.18. The molecule has 0 spiro atoms. The van der Waals surface area contributed by atoms with Crippen molar-refractivity contribution in [1.29, 1.82) is 0 Å².